The summed E-state index contributed by atoms with van der Waals surface area (Å²) in [5.74, 6) is 0.758. The van der Waals surface area contributed by atoms with E-state index in [2.05, 4.69) is 10.2 Å². The van der Waals surface area contributed by atoms with Gasteiger partial charge in [-0.3, -0.25) is 4.79 Å². The molecular weight excluding hydrogens is 284 g/mol. The fraction of sp³-hybridized carbons (Fsp3) is 0.467. The maximum Gasteiger partial charge on any atom is 0.220 e. The smallest absolute Gasteiger partial charge is 0.220 e. The number of nitrogen functional groups attached to an aromatic ring is 1. The standard InChI is InChI=1S/C15H18N4OS/c16-10-2-3-12-13(7-10)21-15(18-12)19-6-5-11-9(8-19)1-4-14(20)17-11/h2-3,7,9,11H,1,4-6,8,16H2,(H,17,20). The number of hydrogen-bond donors (Lipinski definition) is 2. The van der Waals surface area contributed by atoms with Crippen molar-refractivity contribution in [3.63, 3.8) is 0 Å². The first kappa shape index (κ1) is 12.9. The van der Waals surface area contributed by atoms with E-state index in [1.54, 1.807) is 11.3 Å². The van der Waals surface area contributed by atoms with Crippen molar-refractivity contribution in [2.24, 2.45) is 5.92 Å². The average molecular weight is 302 g/mol. The van der Waals surface area contributed by atoms with Gasteiger partial charge in [0.25, 0.3) is 0 Å². The first-order valence-electron chi connectivity index (χ1n) is 7.39. The van der Waals surface area contributed by atoms with Crippen LogP contribution in [0.3, 0.4) is 0 Å². The van der Waals surface area contributed by atoms with Crippen molar-refractivity contribution in [1.82, 2.24) is 10.3 Å². The number of carbonyl (C=O) groups is 1. The highest BCUT2D eigenvalue weighted by molar-refractivity contribution is 7.22. The third kappa shape index (κ3) is 2.33. The van der Waals surface area contributed by atoms with Gasteiger partial charge in [-0.1, -0.05) is 11.3 Å². The Kier molecular flexibility index (Phi) is 2.99. The lowest BCUT2D eigenvalue weighted by Gasteiger charge is -2.41. The fourth-order valence-corrected chi connectivity index (χ4v) is 4.40. The minimum Gasteiger partial charge on any atom is -0.399 e. The number of benzene rings is 1. The molecule has 21 heavy (non-hydrogen) atoms. The maximum absolute atomic E-state index is 11.5. The summed E-state index contributed by atoms with van der Waals surface area (Å²) in [5.41, 5.74) is 7.64. The minimum absolute atomic E-state index is 0.208. The topological polar surface area (TPSA) is 71.2 Å². The van der Waals surface area contributed by atoms with Crippen LogP contribution in [0.15, 0.2) is 18.2 Å². The molecule has 5 nitrogen and oxygen atoms in total. The summed E-state index contributed by atoms with van der Waals surface area (Å²) in [6.45, 7) is 1.94. The van der Waals surface area contributed by atoms with Crippen LogP contribution in [0.2, 0.25) is 0 Å². The number of nitrogens with one attached hydrogen (secondary N) is 1. The van der Waals surface area contributed by atoms with E-state index < -0.39 is 0 Å². The fourth-order valence-electron chi connectivity index (χ4n) is 3.35. The van der Waals surface area contributed by atoms with Crippen LogP contribution in [0.5, 0.6) is 0 Å². The quantitative estimate of drug-likeness (QED) is 0.790. The van der Waals surface area contributed by atoms with Gasteiger partial charge in [-0.2, -0.15) is 0 Å². The predicted octanol–water partition coefficient (Wildman–Crippen LogP) is 1.98. The molecule has 2 aromatic rings. The van der Waals surface area contributed by atoms with Crippen LogP contribution in [0, 0.1) is 5.92 Å². The van der Waals surface area contributed by atoms with E-state index in [-0.39, 0.29) is 5.91 Å². The van der Waals surface area contributed by atoms with E-state index in [4.69, 9.17) is 10.7 Å². The van der Waals surface area contributed by atoms with Gasteiger partial charge in [-0.25, -0.2) is 4.98 Å². The van der Waals surface area contributed by atoms with E-state index in [0.717, 1.165) is 47.0 Å². The molecule has 2 aliphatic heterocycles. The number of nitrogens with zero attached hydrogens (tertiary/aromatic N) is 2. The van der Waals surface area contributed by atoms with E-state index in [9.17, 15) is 4.79 Å². The van der Waals surface area contributed by atoms with Crippen molar-refractivity contribution in [2.75, 3.05) is 23.7 Å². The summed E-state index contributed by atoms with van der Waals surface area (Å²) in [4.78, 5) is 18.6. The molecule has 0 saturated carbocycles. The molecular formula is C15H18N4OS. The van der Waals surface area contributed by atoms with Crippen molar-refractivity contribution in [3.8, 4) is 0 Å². The Balaban J connectivity index is 1.57. The van der Waals surface area contributed by atoms with Crippen LogP contribution in [0.1, 0.15) is 19.3 Å². The summed E-state index contributed by atoms with van der Waals surface area (Å²) in [5, 5.41) is 4.20. The summed E-state index contributed by atoms with van der Waals surface area (Å²) in [6.07, 6.45) is 2.66. The Morgan fingerprint density at radius 2 is 2.29 bits per heavy atom. The second-order valence-electron chi connectivity index (χ2n) is 5.93. The van der Waals surface area contributed by atoms with Gasteiger partial charge in [0.15, 0.2) is 5.13 Å². The zero-order valence-corrected chi connectivity index (χ0v) is 12.5. The molecule has 6 heteroatoms. The number of anilines is 2. The number of carbonyl (C=O) groups excluding carboxylic acids is 1. The van der Waals surface area contributed by atoms with E-state index in [1.807, 2.05) is 18.2 Å². The number of thiazole rings is 1. The number of aromatic nitrogens is 1. The van der Waals surface area contributed by atoms with Crippen LogP contribution in [0.4, 0.5) is 10.8 Å². The summed E-state index contributed by atoms with van der Waals surface area (Å²) in [6, 6.07) is 6.23. The molecule has 3 N–H and O–H groups in total. The number of fused-ring (bicyclic) bond motifs is 2. The van der Waals surface area contributed by atoms with Crippen LogP contribution in [-0.4, -0.2) is 30.0 Å². The average Bonchev–Trinajstić information content (AvgIpc) is 2.89. The molecule has 2 fully saturated rings. The monoisotopic (exact) mass is 302 g/mol. The first-order valence-corrected chi connectivity index (χ1v) is 8.21. The van der Waals surface area contributed by atoms with Gasteiger partial charge >= 0.3 is 0 Å². The van der Waals surface area contributed by atoms with Crippen LogP contribution >= 0.6 is 11.3 Å². The summed E-state index contributed by atoms with van der Waals surface area (Å²) in [7, 11) is 0. The second kappa shape index (κ2) is 4.87. The van der Waals surface area contributed by atoms with Gasteiger partial charge in [0.2, 0.25) is 5.91 Å². The molecule has 0 aliphatic carbocycles. The van der Waals surface area contributed by atoms with E-state index >= 15 is 0 Å². The number of nitrogens with two attached hydrogens (primary N) is 1. The molecule has 0 spiro atoms. The van der Waals surface area contributed by atoms with Crippen molar-refractivity contribution in [2.45, 2.75) is 25.3 Å². The maximum atomic E-state index is 11.5. The number of rotatable bonds is 1. The highest BCUT2D eigenvalue weighted by Crippen LogP contribution is 2.34. The minimum atomic E-state index is 0.208. The molecule has 0 bridgehead atoms. The molecule has 1 aromatic carbocycles. The van der Waals surface area contributed by atoms with Gasteiger partial charge in [-0.05, 0) is 37.0 Å². The molecule has 2 unspecified atom stereocenters. The molecule has 4 rings (SSSR count). The Morgan fingerprint density at radius 3 is 3.19 bits per heavy atom. The van der Waals surface area contributed by atoms with Gasteiger partial charge in [0, 0.05) is 31.2 Å². The van der Waals surface area contributed by atoms with Crippen molar-refractivity contribution >= 4 is 38.3 Å². The zero-order chi connectivity index (χ0) is 14.4. The summed E-state index contributed by atoms with van der Waals surface area (Å²) < 4.78 is 1.14. The predicted molar refractivity (Wildman–Crippen MR) is 85.5 cm³/mol. The van der Waals surface area contributed by atoms with E-state index in [1.165, 1.54) is 0 Å². The number of piperidine rings is 2. The third-order valence-electron chi connectivity index (χ3n) is 4.49. The first-order chi connectivity index (χ1) is 10.2. The van der Waals surface area contributed by atoms with Crippen molar-refractivity contribution < 1.29 is 4.79 Å². The second-order valence-corrected chi connectivity index (χ2v) is 6.94. The van der Waals surface area contributed by atoms with Gasteiger partial charge in [0.05, 0.1) is 10.2 Å². The Bertz CT molecular complexity index is 698. The van der Waals surface area contributed by atoms with Crippen molar-refractivity contribution in [1.29, 1.82) is 0 Å². The Morgan fingerprint density at radius 1 is 1.38 bits per heavy atom. The molecule has 110 valence electrons. The van der Waals surface area contributed by atoms with Gasteiger partial charge < -0.3 is 16.0 Å². The SMILES string of the molecule is Nc1ccc2nc(N3CCC4NC(=O)CCC4C3)sc2c1. The Labute approximate surface area is 127 Å². The molecule has 1 amide bonds. The lowest BCUT2D eigenvalue weighted by atomic mass is 9.85. The third-order valence-corrected chi connectivity index (χ3v) is 5.57. The lowest BCUT2D eigenvalue weighted by Crippen LogP contribution is -2.54. The number of hydrogen-bond acceptors (Lipinski definition) is 5. The van der Waals surface area contributed by atoms with Crippen molar-refractivity contribution in [3.05, 3.63) is 18.2 Å². The normalized spacial score (nSPS) is 25.7. The van der Waals surface area contributed by atoms with Crippen LogP contribution < -0.4 is 16.0 Å². The number of amides is 1. The van der Waals surface area contributed by atoms with Gasteiger partial charge in [-0.15, -0.1) is 0 Å². The Hall–Kier alpha value is -1.82. The largest absolute Gasteiger partial charge is 0.399 e. The van der Waals surface area contributed by atoms with E-state index in [0.29, 0.717) is 18.4 Å². The highest BCUT2D eigenvalue weighted by atomic mass is 32.1. The molecule has 2 aliphatic rings. The zero-order valence-electron chi connectivity index (χ0n) is 11.7. The van der Waals surface area contributed by atoms with Gasteiger partial charge in [0.1, 0.15) is 0 Å². The molecule has 1 aromatic heterocycles. The molecule has 0 radical (unpaired) electrons. The summed E-state index contributed by atoms with van der Waals surface area (Å²) >= 11 is 1.71. The highest BCUT2D eigenvalue weighted by Gasteiger charge is 2.34. The van der Waals surface area contributed by atoms with Crippen LogP contribution in [-0.2, 0) is 4.79 Å². The lowest BCUT2D eigenvalue weighted by molar-refractivity contribution is -0.124. The molecule has 2 saturated heterocycles. The van der Waals surface area contributed by atoms with Crippen LogP contribution in [0.25, 0.3) is 10.2 Å². The molecule has 3 heterocycles. The molecule has 2 atom stereocenters.